The van der Waals surface area contributed by atoms with Gasteiger partial charge in [-0.15, -0.1) is 0 Å². The van der Waals surface area contributed by atoms with Crippen molar-refractivity contribution in [2.45, 2.75) is 26.4 Å². The van der Waals surface area contributed by atoms with Gasteiger partial charge in [0.1, 0.15) is 11.3 Å². The molecule has 0 aliphatic carbocycles. The number of aromatic amines is 1. The first kappa shape index (κ1) is 16.9. The summed E-state index contributed by atoms with van der Waals surface area (Å²) in [6, 6.07) is 5.93. The Labute approximate surface area is 149 Å². The number of pyridine rings is 1. The SMILES string of the molecule is Cc1cc(N2C[C@@H](Cc3cc(C)[nH]n3)[C@@H](O)C2)c2cc(F)cc(F)c2n1. The van der Waals surface area contributed by atoms with E-state index in [-0.39, 0.29) is 11.4 Å². The Hall–Kier alpha value is -2.54. The van der Waals surface area contributed by atoms with Crippen LogP contribution in [0.2, 0.25) is 0 Å². The van der Waals surface area contributed by atoms with Crippen LogP contribution < -0.4 is 4.90 Å². The highest BCUT2D eigenvalue weighted by Crippen LogP contribution is 2.33. The van der Waals surface area contributed by atoms with Crippen molar-refractivity contribution in [2.75, 3.05) is 18.0 Å². The number of hydrogen-bond acceptors (Lipinski definition) is 4. The van der Waals surface area contributed by atoms with Gasteiger partial charge in [-0.2, -0.15) is 5.10 Å². The number of halogens is 2. The molecule has 0 spiro atoms. The summed E-state index contributed by atoms with van der Waals surface area (Å²) < 4.78 is 27.9. The zero-order valence-corrected chi connectivity index (χ0v) is 14.6. The lowest BCUT2D eigenvalue weighted by Gasteiger charge is -2.21. The third kappa shape index (κ3) is 3.03. The van der Waals surface area contributed by atoms with Crippen LogP contribution in [-0.2, 0) is 6.42 Å². The Morgan fingerprint density at radius 1 is 1.19 bits per heavy atom. The minimum atomic E-state index is -0.673. The maximum Gasteiger partial charge on any atom is 0.152 e. The Kier molecular flexibility index (Phi) is 4.11. The molecule has 0 amide bonds. The number of aliphatic hydroxyl groups is 1. The molecule has 2 aromatic heterocycles. The Morgan fingerprint density at radius 3 is 2.73 bits per heavy atom. The number of β-amino-alcohol motifs (C(OH)–C–C–N with tert-alkyl or cyclic N) is 1. The molecule has 1 saturated heterocycles. The number of fused-ring (bicyclic) bond motifs is 1. The molecule has 2 atom stereocenters. The highest BCUT2D eigenvalue weighted by Gasteiger charge is 2.33. The van der Waals surface area contributed by atoms with Crippen LogP contribution in [0.1, 0.15) is 17.1 Å². The smallest absolute Gasteiger partial charge is 0.152 e. The monoisotopic (exact) mass is 358 g/mol. The van der Waals surface area contributed by atoms with E-state index < -0.39 is 17.7 Å². The topological polar surface area (TPSA) is 65.0 Å². The van der Waals surface area contributed by atoms with Crippen molar-refractivity contribution in [1.82, 2.24) is 15.2 Å². The summed E-state index contributed by atoms with van der Waals surface area (Å²) in [7, 11) is 0. The standard InChI is InChI=1S/C19H20F2N4O/c1-10-4-17(15-6-13(20)7-16(21)19(15)22-10)25-8-12(18(26)9-25)5-14-3-11(2)23-24-14/h3-4,6-7,12,18,26H,5,8-9H2,1-2H3,(H,23,24)/t12-,18+/m1/s1. The zero-order valence-electron chi connectivity index (χ0n) is 14.6. The number of H-pyrrole nitrogens is 1. The van der Waals surface area contributed by atoms with Gasteiger partial charge in [0.15, 0.2) is 5.82 Å². The molecule has 136 valence electrons. The predicted molar refractivity (Wildman–Crippen MR) is 95.1 cm³/mol. The molecular weight excluding hydrogens is 338 g/mol. The van der Waals surface area contributed by atoms with E-state index in [1.807, 2.05) is 24.0 Å². The van der Waals surface area contributed by atoms with E-state index in [0.717, 1.165) is 17.5 Å². The van der Waals surface area contributed by atoms with Gasteiger partial charge in [-0.25, -0.2) is 13.8 Å². The van der Waals surface area contributed by atoms with Crippen molar-refractivity contribution in [3.8, 4) is 0 Å². The molecule has 7 heteroatoms. The molecular formula is C19H20F2N4O. The van der Waals surface area contributed by atoms with Gasteiger partial charge < -0.3 is 10.0 Å². The molecule has 5 nitrogen and oxygen atoms in total. The molecule has 0 radical (unpaired) electrons. The lowest BCUT2D eigenvalue weighted by Crippen LogP contribution is -2.21. The number of hydrogen-bond donors (Lipinski definition) is 2. The number of benzene rings is 1. The molecule has 1 aliphatic rings. The normalized spacial score (nSPS) is 20.3. The molecule has 3 heterocycles. The maximum atomic E-state index is 14.2. The second kappa shape index (κ2) is 6.32. The highest BCUT2D eigenvalue weighted by molar-refractivity contribution is 5.92. The summed E-state index contributed by atoms with van der Waals surface area (Å²) in [6.45, 7) is 4.71. The van der Waals surface area contributed by atoms with Gasteiger partial charge in [0.2, 0.25) is 0 Å². The molecule has 1 fully saturated rings. The van der Waals surface area contributed by atoms with Gasteiger partial charge in [0.05, 0.1) is 11.8 Å². The molecule has 0 unspecified atom stereocenters. The number of anilines is 1. The van der Waals surface area contributed by atoms with Crippen molar-refractivity contribution in [1.29, 1.82) is 0 Å². The summed E-state index contributed by atoms with van der Waals surface area (Å²) in [6.07, 6.45) is 0.112. The lowest BCUT2D eigenvalue weighted by atomic mass is 10.00. The van der Waals surface area contributed by atoms with Crippen molar-refractivity contribution < 1.29 is 13.9 Å². The van der Waals surface area contributed by atoms with Gasteiger partial charge in [0, 0.05) is 47.5 Å². The van der Waals surface area contributed by atoms with E-state index in [1.165, 1.54) is 6.07 Å². The van der Waals surface area contributed by atoms with Crippen LogP contribution in [0.25, 0.3) is 10.9 Å². The number of nitrogens with one attached hydrogen (secondary N) is 1. The lowest BCUT2D eigenvalue weighted by molar-refractivity contribution is 0.148. The molecule has 1 aromatic carbocycles. The highest BCUT2D eigenvalue weighted by atomic mass is 19.1. The fourth-order valence-corrected chi connectivity index (χ4v) is 3.72. The Morgan fingerprint density at radius 2 is 2.00 bits per heavy atom. The number of rotatable bonds is 3. The Bertz CT molecular complexity index is 972. The number of aromatic nitrogens is 3. The van der Waals surface area contributed by atoms with Crippen LogP contribution in [0.3, 0.4) is 0 Å². The van der Waals surface area contributed by atoms with Gasteiger partial charge >= 0.3 is 0 Å². The van der Waals surface area contributed by atoms with E-state index in [2.05, 4.69) is 15.2 Å². The molecule has 3 aromatic rings. The molecule has 2 N–H and O–H groups in total. The van der Waals surface area contributed by atoms with Crippen molar-refractivity contribution in [2.24, 2.45) is 5.92 Å². The minimum absolute atomic E-state index is 0.000345. The van der Waals surface area contributed by atoms with E-state index in [9.17, 15) is 13.9 Å². The second-order valence-corrected chi connectivity index (χ2v) is 7.05. The van der Waals surface area contributed by atoms with Gasteiger partial charge in [-0.05, 0) is 38.5 Å². The number of aliphatic hydroxyl groups excluding tert-OH is 1. The average molecular weight is 358 g/mol. The third-order valence-electron chi connectivity index (χ3n) is 4.92. The summed E-state index contributed by atoms with van der Waals surface area (Å²) in [5.74, 6) is -1.31. The summed E-state index contributed by atoms with van der Waals surface area (Å²) in [4.78, 5) is 6.19. The second-order valence-electron chi connectivity index (χ2n) is 7.05. The number of nitrogens with zero attached hydrogens (tertiary/aromatic N) is 3. The summed E-state index contributed by atoms with van der Waals surface area (Å²) in [5.41, 5.74) is 3.39. The van der Waals surface area contributed by atoms with Crippen LogP contribution in [0, 0.1) is 31.4 Å². The first-order chi connectivity index (χ1) is 12.4. The first-order valence-corrected chi connectivity index (χ1v) is 8.61. The number of aryl methyl sites for hydroxylation is 2. The van der Waals surface area contributed by atoms with Gasteiger partial charge in [-0.3, -0.25) is 5.10 Å². The molecule has 0 bridgehead atoms. The zero-order chi connectivity index (χ0) is 18.4. The van der Waals surface area contributed by atoms with Crippen LogP contribution in [0.5, 0.6) is 0 Å². The molecule has 4 rings (SSSR count). The fraction of sp³-hybridized carbons (Fsp3) is 0.368. The maximum absolute atomic E-state index is 14.2. The van der Waals surface area contributed by atoms with E-state index in [4.69, 9.17) is 0 Å². The van der Waals surface area contributed by atoms with E-state index >= 15 is 0 Å². The van der Waals surface area contributed by atoms with E-state index in [1.54, 1.807) is 6.92 Å². The van der Waals surface area contributed by atoms with Gasteiger partial charge in [-0.1, -0.05) is 0 Å². The largest absolute Gasteiger partial charge is 0.391 e. The molecule has 26 heavy (non-hydrogen) atoms. The van der Waals surface area contributed by atoms with Crippen LogP contribution in [0.15, 0.2) is 24.3 Å². The van der Waals surface area contributed by atoms with Crippen molar-refractivity contribution in [3.63, 3.8) is 0 Å². The van der Waals surface area contributed by atoms with Crippen LogP contribution in [0.4, 0.5) is 14.5 Å². The summed E-state index contributed by atoms with van der Waals surface area (Å²) in [5, 5.41) is 18.1. The van der Waals surface area contributed by atoms with Crippen LogP contribution in [-0.4, -0.2) is 39.5 Å². The average Bonchev–Trinajstić information content (AvgIpc) is 3.14. The predicted octanol–water partition coefficient (Wildman–Crippen LogP) is 2.89. The van der Waals surface area contributed by atoms with E-state index in [0.29, 0.717) is 36.3 Å². The molecule has 1 aliphatic heterocycles. The quantitative estimate of drug-likeness (QED) is 0.756. The van der Waals surface area contributed by atoms with Crippen molar-refractivity contribution >= 4 is 16.6 Å². The fourth-order valence-electron chi connectivity index (χ4n) is 3.72. The molecule has 0 saturated carbocycles. The van der Waals surface area contributed by atoms with Crippen LogP contribution >= 0.6 is 0 Å². The third-order valence-corrected chi connectivity index (χ3v) is 4.92. The van der Waals surface area contributed by atoms with Crippen molar-refractivity contribution in [3.05, 3.63) is 53.0 Å². The Balaban J connectivity index is 1.67. The first-order valence-electron chi connectivity index (χ1n) is 8.61. The minimum Gasteiger partial charge on any atom is -0.391 e. The summed E-state index contributed by atoms with van der Waals surface area (Å²) >= 11 is 0. The van der Waals surface area contributed by atoms with Gasteiger partial charge in [0.25, 0.3) is 0 Å².